The van der Waals surface area contributed by atoms with Gasteiger partial charge in [-0.15, -0.1) is 6.58 Å². The molecule has 0 aliphatic carbocycles. The van der Waals surface area contributed by atoms with Gasteiger partial charge < -0.3 is 5.32 Å². The van der Waals surface area contributed by atoms with Gasteiger partial charge in [-0.2, -0.15) is 0 Å². The lowest BCUT2D eigenvalue weighted by Gasteiger charge is -2.31. The van der Waals surface area contributed by atoms with Crippen LogP contribution in [0.5, 0.6) is 0 Å². The van der Waals surface area contributed by atoms with Gasteiger partial charge in [0.15, 0.2) is 0 Å². The number of nitrogens with one attached hydrogen (secondary N) is 1. The van der Waals surface area contributed by atoms with E-state index in [4.69, 9.17) is 0 Å². The molecule has 4 nitrogen and oxygen atoms in total. The number of nitrogens with zero attached hydrogens (tertiary/aromatic N) is 2. The fourth-order valence-corrected chi connectivity index (χ4v) is 2.35. The molecule has 2 heterocycles. The molecule has 106 valence electrons. The first kappa shape index (κ1) is 14.5. The molecule has 1 amide bonds. The quantitative estimate of drug-likeness (QED) is 0.831. The predicted molar refractivity (Wildman–Crippen MR) is 81.1 cm³/mol. The summed E-state index contributed by atoms with van der Waals surface area (Å²) in [7, 11) is 0. The summed E-state index contributed by atoms with van der Waals surface area (Å²) in [5, 5.41) is 2.85. The molecular formula is C16H21N3O. The number of pyridine rings is 1. The molecule has 1 aliphatic heterocycles. The third-order valence-corrected chi connectivity index (χ3v) is 3.56. The van der Waals surface area contributed by atoms with Crippen molar-refractivity contribution in [2.24, 2.45) is 0 Å². The van der Waals surface area contributed by atoms with Crippen LogP contribution in [0.25, 0.3) is 5.57 Å². The van der Waals surface area contributed by atoms with E-state index in [1.165, 1.54) is 5.57 Å². The van der Waals surface area contributed by atoms with E-state index >= 15 is 0 Å². The Labute approximate surface area is 120 Å². The Bertz CT molecular complexity index is 496. The zero-order chi connectivity index (χ0) is 14.4. The molecule has 1 N–H and O–H groups in total. The lowest BCUT2D eigenvalue weighted by molar-refractivity contribution is -0.125. The van der Waals surface area contributed by atoms with Crippen LogP contribution < -0.4 is 5.32 Å². The highest BCUT2D eigenvalue weighted by atomic mass is 16.2. The number of hydrogen-bond donors (Lipinski definition) is 1. The number of carbonyl (C=O) groups is 1. The molecule has 0 unspecified atom stereocenters. The monoisotopic (exact) mass is 271 g/mol. The molecule has 1 aromatic heterocycles. The number of rotatable bonds is 5. The summed E-state index contributed by atoms with van der Waals surface area (Å²) in [5.41, 5.74) is 2.38. The minimum absolute atomic E-state index is 0.0531. The van der Waals surface area contributed by atoms with Crippen LogP contribution in [0.2, 0.25) is 0 Å². The van der Waals surface area contributed by atoms with Crippen molar-refractivity contribution < 1.29 is 4.79 Å². The molecule has 20 heavy (non-hydrogen) atoms. The van der Waals surface area contributed by atoms with Crippen molar-refractivity contribution in [2.45, 2.75) is 19.4 Å². The predicted octanol–water partition coefficient (Wildman–Crippen LogP) is 1.86. The van der Waals surface area contributed by atoms with Gasteiger partial charge in [-0.3, -0.25) is 14.7 Å². The van der Waals surface area contributed by atoms with Gasteiger partial charge in [-0.05, 0) is 30.5 Å². The first-order valence-electron chi connectivity index (χ1n) is 6.94. The molecule has 4 heteroatoms. The van der Waals surface area contributed by atoms with Crippen molar-refractivity contribution >= 4 is 11.5 Å². The van der Waals surface area contributed by atoms with Gasteiger partial charge in [0.1, 0.15) is 0 Å². The molecule has 0 aromatic carbocycles. The van der Waals surface area contributed by atoms with E-state index in [1.807, 2.05) is 19.2 Å². The lowest BCUT2D eigenvalue weighted by Crippen LogP contribution is -2.47. The third kappa shape index (κ3) is 3.54. The summed E-state index contributed by atoms with van der Waals surface area (Å²) >= 11 is 0. The van der Waals surface area contributed by atoms with Gasteiger partial charge in [0, 0.05) is 32.0 Å². The summed E-state index contributed by atoms with van der Waals surface area (Å²) in [4.78, 5) is 18.4. The largest absolute Gasteiger partial charge is 0.351 e. The zero-order valence-electron chi connectivity index (χ0n) is 11.9. The van der Waals surface area contributed by atoms with Crippen LogP contribution >= 0.6 is 0 Å². The van der Waals surface area contributed by atoms with Gasteiger partial charge in [0.25, 0.3) is 0 Å². The lowest BCUT2D eigenvalue weighted by atomic mass is 10.0. The maximum absolute atomic E-state index is 12.0. The second-order valence-corrected chi connectivity index (χ2v) is 4.94. The van der Waals surface area contributed by atoms with E-state index in [0.717, 1.165) is 25.1 Å². The minimum Gasteiger partial charge on any atom is -0.351 e. The number of carbonyl (C=O) groups excluding carboxylic acids is 1. The van der Waals surface area contributed by atoms with E-state index in [2.05, 4.69) is 33.9 Å². The number of amides is 1. The average molecular weight is 271 g/mol. The maximum Gasteiger partial charge on any atom is 0.237 e. The summed E-state index contributed by atoms with van der Waals surface area (Å²) in [5.74, 6) is 0.0531. The highest BCUT2D eigenvalue weighted by molar-refractivity contribution is 5.82. The van der Waals surface area contributed by atoms with Crippen LogP contribution in [0.3, 0.4) is 0 Å². The molecule has 1 aromatic rings. The van der Waals surface area contributed by atoms with E-state index in [1.54, 1.807) is 12.3 Å². The van der Waals surface area contributed by atoms with Crippen LogP contribution in [0.4, 0.5) is 0 Å². The fraction of sp³-hybridized carbons (Fsp3) is 0.375. The molecule has 0 radical (unpaired) electrons. The first-order chi connectivity index (χ1) is 9.72. The summed E-state index contributed by atoms with van der Waals surface area (Å²) < 4.78 is 0. The normalized spacial score (nSPS) is 17.1. The number of hydrogen-bond acceptors (Lipinski definition) is 3. The van der Waals surface area contributed by atoms with Crippen LogP contribution in [-0.2, 0) is 4.79 Å². The molecule has 1 aliphatic rings. The van der Waals surface area contributed by atoms with Crippen LogP contribution in [0.15, 0.2) is 43.3 Å². The van der Waals surface area contributed by atoms with Crippen LogP contribution in [0, 0.1) is 0 Å². The first-order valence-corrected chi connectivity index (χ1v) is 6.94. The maximum atomic E-state index is 12.0. The molecule has 0 spiro atoms. The third-order valence-electron chi connectivity index (χ3n) is 3.56. The Morgan fingerprint density at radius 2 is 2.50 bits per heavy atom. The van der Waals surface area contributed by atoms with E-state index in [-0.39, 0.29) is 11.9 Å². The standard InChI is InChI=1S/C16H21N3O/c1-3-8-18-16(20)13(2)19-10-5-7-15(12-19)14-6-4-9-17-11-14/h3-4,6-7,9,11,13H,1,5,8,10,12H2,2H3,(H,18,20)/t13-/m0/s1. The summed E-state index contributed by atoms with van der Waals surface area (Å²) in [6.07, 6.45) is 8.54. The second kappa shape index (κ2) is 7.01. The van der Waals surface area contributed by atoms with Gasteiger partial charge >= 0.3 is 0 Å². The molecule has 0 saturated carbocycles. The molecule has 2 rings (SSSR count). The van der Waals surface area contributed by atoms with Gasteiger partial charge in [-0.25, -0.2) is 0 Å². The van der Waals surface area contributed by atoms with Crippen molar-refractivity contribution in [1.82, 2.24) is 15.2 Å². The Kier molecular flexibility index (Phi) is 5.07. The van der Waals surface area contributed by atoms with Crippen molar-refractivity contribution in [3.05, 3.63) is 48.8 Å². The SMILES string of the molecule is C=CCNC(=O)[C@H](C)N1CCC=C(c2cccnc2)C1. The van der Waals surface area contributed by atoms with Gasteiger partial charge in [-0.1, -0.05) is 18.2 Å². The van der Waals surface area contributed by atoms with E-state index < -0.39 is 0 Å². The Morgan fingerprint density at radius 3 is 3.20 bits per heavy atom. The van der Waals surface area contributed by atoms with Crippen LogP contribution in [0.1, 0.15) is 18.9 Å². The molecule has 0 bridgehead atoms. The molecule has 0 fully saturated rings. The topological polar surface area (TPSA) is 45.2 Å². The highest BCUT2D eigenvalue weighted by Gasteiger charge is 2.23. The number of aromatic nitrogens is 1. The summed E-state index contributed by atoms with van der Waals surface area (Å²) in [6, 6.07) is 3.87. The Morgan fingerprint density at radius 1 is 1.65 bits per heavy atom. The second-order valence-electron chi connectivity index (χ2n) is 4.94. The Balaban J connectivity index is 2.00. The van der Waals surface area contributed by atoms with Crippen molar-refractivity contribution in [1.29, 1.82) is 0 Å². The van der Waals surface area contributed by atoms with Crippen molar-refractivity contribution in [2.75, 3.05) is 19.6 Å². The van der Waals surface area contributed by atoms with E-state index in [0.29, 0.717) is 6.54 Å². The Hall–Kier alpha value is -1.94. The smallest absolute Gasteiger partial charge is 0.237 e. The molecule has 0 saturated heterocycles. The molecule has 1 atom stereocenters. The minimum atomic E-state index is -0.129. The van der Waals surface area contributed by atoms with Crippen LogP contribution in [-0.4, -0.2) is 41.5 Å². The van der Waals surface area contributed by atoms with Gasteiger partial charge in [0.2, 0.25) is 5.91 Å². The molecular weight excluding hydrogens is 250 g/mol. The average Bonchev–Trinajstić information content (AvgIpc) is 2.53. The zero-order valence-corrected chi connectivity index (χ0v) is 11.9. The summed E-state index contributed by atoms with van der Waals surface area (Å²) in [6.45, 7) is 7.77. The van der Waals surface area contributed by atoms with Crippen molar-refractivity contribution in [3.8, 4) is 0 Å². The van der Waals surface area contributed by atoms with Gasteiger partial charge in [0.05, 0.1) is 6.04 Å². The highest BCUT2D eigenvalue weighted by Crippen LogP contribution is 2.21. The fourth-order valence-electron chi connectivity index (χ4n) is 2.35. The van der Waals surface area contributed by atoms with Crippen molar-refractivity contribution in [3.63, 3.8) is 0 Å². The van der Waals surface area contributed by atoms with E-state index in [9.17, 15) is 4.79 Å².